The van der Waals surface area contributed by atoms with E-state index < -0.39 is 0 Å². The summed E-state index contributed by atoms with van der Waals surface area (Å²) in [6, 6.07) is 24.0. The van der Waals surface area contributed by atoms with E-state index in [1.54, 1.807) is 0 Å². The van der Waals surface area contributed by atoms with Gasteiger partial charge in [-0.25, -0.2) is 0 Å². The fourth-order valence-electron chi connectivity index (χ4n) is 3.14. The monoisotopic (exact) mass is 234 g/mol. The summed E-state index contributed by atoms with van der Waals surface area (Å²) in [4.78, 5) is 0. The molecule has 84 valence electrons. The molecule has 0 fully saturated rings. The average molecular weight is 234 g/mol. The van der Waals surface area contributed by atoms with Crippen LogP contribution >= 0.6 is 0 Å². The summed E-state index contributed by atoms with van der Waals surface area (Å²) in [6.07, 6.45) is 0. The Balaban J connectivity index is 2.48. The molecule has 0 atom stereocenters. The van der Waals surface area contributed by atoms with Crippen LogP contribution in [0.4, 0.5) is 0 Å². The zero-order valence-corrected chi connectivity index (χ0v) is 10.9. The van der Waals surface area contributed by atoms with Gasteiger partial charge in [0.05, 0.1) is 0 Å². The van der Waals surface area contributed by atoms with Crippen LogP contribution < -0.4 is 4.24 Å². The first-order valence-electron chi connectivity index (χ1n) is 6.65. The summed E-state index contributed by atoms with van der Waals surface area (Å²) in [6.45, 7) is 0. The van der Waals surface area contributed by atoms with Gasteiger partial charge in [0, 0.05) is 0 Å². The van der Waals surface area contributed by atoms with Gasteiger partial charge in [-0.05, 0) is 0 Å². The van der Waals surface area contributed by atoms with E-state index in [1.807, 2.05) is 0 Å². The molecule has 4 aromatic carbocycles. The summed E-state index contributed by atoms with van der Waals surface area (Å²) in [5, 5.41) is 8.14. The third-order valence-electron chi connectivity index (χ3n) is 3.98. The van der Waals surface area contributed by atoms with Crippen molar-refractivity contribution in [3.05, 3.63) is 66.7 Å². The van der Waals surface area contributed by atoms with E-state index in [1.165, 1.54) is 36.6 Å². The van der Waals surface area contributed by atoms with E-state index in [-0.39, 0.29) is 0 Å². The van der Waals surface area contributed by atoms with Crippen molar-refractivity contribution in [1.29, 1.82) is 0 Å². The predicted octanol–water partition coefficient (Wildman–Crippen LogP) is 3.94. The second-order valence-electron chi connectivity index (χ2n) is 5.09. The molecule has 0 N–H and O–H groups in total. The summed E-state index contributed by atoms with van der Waals surface area (Å²) >= 11 is 2.20. The van der Waals surface area contributed by atoms with Gasteiger partial charge in [-0.3, -0.25) is 0 Å². The zero-order valence-electron chi connectivity index (χ0n) is 10.9. The van der Waals surface area contributed by atoms with Gasteiger partial charge in [0.15, 0.2) is 0 Å². The van der Waals surface area contributed by atoms with E-state index in [0.29, 0.717) is 0 Å². The topological polar surface area (TPSA) is 0 Å². The van der Waals surface area contributed by atoms with Crippen molar-refractivity contribution in [1.82, 2.24) is 0 Å². The number of hydrogen-bond donors (Lipinski definition) is 0. The minimum atomic E-state index is 1.34. The van der Waals surface area contributed by atoms with Crippen LogP contribution in [0, 0.1) is 0 Å². The van der Waals surface area contributed by atoms with Crippen LogP contribution in [-0.2, 0) is 0 Å². The molecular weight excluding hydrogens is 223 g/mol. The first kappa shape index (κ1) is 11.1. The Hall–Kier alpha value is -1.74. The van der Waals surface area contributed by atoms with Gasteiger partial charge in [-0.1, -0.05) is 0 Å². The summed E-state index contributed by atoms with van der Waals surface area (Å²) < 4.78 is 1.35. The molecule has 0 saturated heterocycles. The molecule has 4 aromatic rings. The second-order valence-corrected chi connectivity index (χ2v) is 5.09. The quantitative estimate of drug-likeness (QED) is 0.319. The first-order valence-corrected chi connectivity index (χ1v) is 6.65. The van der Waals surface area contributed by atoms with E-state index >= 15 is 0 Å². The predicted molar refractivity (Wildman–Crippen MR) is 84.3 cm³/mol. The molecule has 0 aromatic heterocycles. The molecule has 0 nitrogen and oxygen atoms in total. The van der Waals surface area contributed by atoms with Crippen LogP contribution in [-0.4, -0.2) is 17.7 Å². The van der Waals surface area contributed by atoms with Gasteiger partial charge in [-0.2, -0.15) is 0 Å². The minimum absolute atomic E-state index is 1.34. The molecule has 0 aliphatic heterocycles. The molecule has 0 heterocycles. The van der Waals surface area contributed by atoms with Crippen molar-refractivity contribution < 1.29 is 0 Å². The maximum atomic E-state index is 2.23. The molecule has 4 rings (SSSR count). The van der Waals surface area contributed by atoms with Gasteiger partial charge in [0.1, 0.15) is 0 Å². The Kier molecular flexibility index (Phi) is 2.42. The number of fused-ring (bicyclic) bond motifs is 6. The van der Waals surface area contributed by atoms with Gasteiger partial charge >= 0.3 is 121 Å². The van der Waals surface area contributed by atoms with Gasteiger partial charge in [0.2, 0.25) is 0 Å². The normalized spacial score (nSPS) is 11.5. The molecule has 0 aliphatic rings. The molecular formula is C18H11Li. The molecule has 0 unspecified atom stereocenters. The molecule has 0 spiro atoms. The molecule has 0 amide bonds. The van der Waals surface area contributed by atoms with Gasteiger partial charge in [0.25, 0.3) is 0 Å². The second kappa shape index (κ2) is 4.13. The van der Waals surface area contributed by atoms with Crippen molar-refractivity contribution in [2.45, 2.75) is 0 Å². The Labute approximate surface area is 121 Å². The number of benzene rings is 4. The first-order chi connectivity index (χ1) is 9.36. The van der Waals surface area contributed by atoms with E-state index in [2.05, 4.69) is 84.4 Å². The van der Waals surface area contributed by atoms with E-state index in [4.69, 9.17) is 0 Å². The third kappa shape index (κ3) is 1.54. The molecule has 19 heavy (non-hydrogen) atoms. The Morgan fingerprint density at radius 1 is 0.474 bits per heavy atom. The third-order valence-corrected chi connectivity index (χ3v) is 3.98. The van der Waals surface area contributed by atoms with Crippen molar-refractivity contribution in [3.63, 3.8) is 0 Å². The molecule has 0 aliphatic carbocycles. The zero-order chi connectivity index (χ0) is 12.8. The summed E-state index contributed by atoms with van der Waals surface area (Å²) in [5.74, 6) is 0. The Bertz CT molecular complexity index is 877. The van der Waals surface area contributed by atoms with Crippen molar-refractivity contribution >= 4 is 54.3 Å². The van der Waals surface area contributed by atoms with Crippen LogP contribution in [0.5, 0.6) is 0 Å². The average Bonchev–Trinajstić information content (AvgIpc) is 2.47. The van der Waals surface area contributed by atoms with Crippen molar-refractivity contribution in [2.75, 3.05) is 0 Å². The molecule has 1 heteroatoms. The van der Waals surface area contributed by atoms with Crippen molar-refractivity contribution in [2.24, 2.45) is 0 Å². The van der Waals surface area contributed by atoms with Crippen LogP contribution in [0.1, 0.15) is 0 Å². The fourth-order valence-corrected chi connectivity index (χ4v) is 3.14. The fraction of sp³-hybridized carbons (Fsp3) is 0. The molecule has 0 saturated carbocycles. The van der Waals surface area contributed by atoms with Crippen LogP contribution in [0.3, 0.4) is 0 Å². The maximum absolute atomic E-state index is 2.23. The number of hydrogen-bond acceptors (Lipinski definition) is 0. The van der Waals surface area contributed by atoms with Crippen LogP contribution in [0.15, 0.2) is 66.7 Å². The standard InChI is InChI=1S/C18H11.Li/c1-2-8-14-13(7-1)15-9-3-4-11-17(15)18-12-6-5-10-16(14)18;/h1-11H;. The summed E-state index contributed by atoms with van der Waals surface area (Å²) in [7, 11) is 0. The van der Waals surface area contributed by atoms with E-state index in [0.717, 1.165) is 0 Å². The molecule has 0 radical (unpaired) electrons. The summed E-state index contributed by atoms with van der Waals surface area (Å²) in [5.41, 5.74) is 0. The Morgan fingerprint density at radius 2 is 0.895 bits per heavy atom. The Morgan fingerprint density at radius 3 is 1.47 bits per heavy atom. The van der Waals surface area contributed by atoms with Crippen LogP contribution in [0.2, 0.25) is 0 Å². The van der Waals surface area contributed by atoms with E-state index in [9.17, 15) is 0 Å². The van der Waals surface area contributed by atoms with Crippen molar-refractivity contribution in [3.8, 4) is 0 Å². The SMILES string of the molecule is [Li][c]1cccc2c3ccccc3c3ccccc3c12. The van der Waals surface area contributed by atoms with Gasteiger partial charge in [-0.15, -0.1) is 0 Å². The molecule has 0 bridgehead atoms. The van der Waals surface area contributed by atoms with Gasteiger partial charge < -0.3 is 0 Å². The number of rotatable bonds is 0. The van der Waals surface area contributed by atoms with Crippen LogP contribution in [0.25, 0.3) is 32.3 Å².